The van der Waals surface area contributed by atoms with Crippen molar-refractivity contribution < 1.29 is 9.50 Å². The van der Waals surface area contributed by atoms with Crippen LogP contribution in [0.3, 0.4) is 0 Å². The molecule has 0 heterocycles. The van der Waals surface area contributed by atoms with E-state index in [1.54, 1.807) is 12.1 Å². The van der Waals surface area contributed by atoms with Crippen molar-refractivity contribution in [3.8, 4) is 0 Å². The van der Waals surface area contributed by atoms with Gasteiger partial charge in [0.2, 0.25) is 0 Å². The number of aliphatic hydroxyl groups excluding tert-OH is 1. The van der Waals surface area contributed by atoms with Gasteiger partial charge in [-0.05, 0) is 42.4 Å². The van der Waals surface area contributed by atoms with Crippen LogP contribution in [0.1, 0.15) is 44.3 Å². The van der Waals surface area contributed by atoms with Gasteiger partial charge in [-0.1, -0.05) is 31.9 Å². The number of rotatable bonds is 2. The van der Waals surface area contributed by atoms with Gasteiger partial charge in [-0.25, -0.2) is 4.39 Å². The van der Waals surface area contributed by atoms with Crippen LogP contribution >= 0.6 is 0 Å². The van der Waals surface area contributed by atoms with E-state index in [4.69, 9.17) is 0 Å². The SMILES string of the molecule is CC1CCC(C(O)c2ccc(F)cc2)CC1. The fourth-order valence-corrected chi connectivity index (χ4v) is 2.53. The van der Waals surface area contributed by atoms with Crippen molar-refractivity contribution in [2.24, 2.45) is 11.8 Å². The molecule has 1 saturated carbocycles. The van der Waals surface area contributed by atoms with Gasteiger partial charge in [0.25, 0.3) is 0 Å². The molecule has 0 spiro atoms. The lowest BCUT2D eigenvalue weighted by molar-refractivity contribution is 0.0755. The normalized spacial score (nSPS) is 27.7. The van der Waals surface area contributed by atoms with E-state index in [2.05, 4.69) is 6.92 Å². The summed E-state index contributed by atoms with van der Waals surface area (Å²) in [7, 11) is 0. The minimum atomic E-state index is -0.423. The fraction of sp³-hybridized carbons (Fsp3) is 0.571. The fourth-order valence-electron chi connectivity index (χ4n) is 2.53. The number of hydrogen-bond donors (Lipinski definition) is 1. The Kier molecular flexibility index (Phi) is 3.59. The van der Waals surface area contributed by atoms with Gasteiger partial charge in [0.05, 0.1) is 6.10 Å². The number of aliphatic hydroxyl groups is 1. The van der Waals surface area contributed by atoms with Crippen LogP contribution in [0.5, 0.6) is 0 Å². The third kappa shape index (κ3) is 2.62. The van der Waals surface area contributed by atoms with Gasteiger partial charge in [-0.2, -0.15) is 0 Å². The molecule has 1 N–H and O–H groups in total. The van der Waals surface area contributed by atoms with Gasteiger partial charge in [-0.15, -0.1) is 0 Å². The van der Waals surface area contributed by atoms with Crippen molar-refractivity contribution in [1.29, 1.82) is 0 Å². The summed E-state index contributed by atoms with van der Waals surface area (Å²) in [5.74, 6) is 0.895. The lowest BCUT2D eigenvalue weighted by atomic mass is 9.78. The molecule has 1 aromatic carbocycles. The van der Waals surface area contributed by atoms with Crippen LogP contribution < -0.4 is 0 Å². The molecule has 2 rings (SSSR count). The van der Waals surface area contributed by atoms with E-state index in [-0.39, 0.29) is 5.82 Å². The predicted octanol–water partition coefficient (Wildman–Crippen LogP) is 3.69. The van der Waals surface area contributed by atoms with E-state index in [0.29, 0.717) is 5.92 Å². The van der Waals surface area contributed by atoms with Gasteiger partial charge >= 0.3 is 0 Å². The molecule has 1 atom stereocenters. The molecule has 2 heteroatoms. The second-order valence-corrected chi connectivity index (χ2v) is 5.02. The number of halogens is 1. The van der Waals surface area contributed by atoms with E-state index in [9.17, 15) is 9.50 Å². The molecule has 0 aromatic heterocycles. The molecule has 0 radical (unpaired) electrons. The average molecular weight is 222 g/mol. The molecule has 1 nitrogen and oxygen atoms in total. The number of hydrogen-bond acceptors (Lipinski definition) is 1. The Morgan fingerprint density at radius 1 is 1.12 bits per heavy atom. The van der Waals surface area contributed by atoms with E-state index in [0.717, 1.165) is 24.3 Å². The van der Waals surface area contributed by atoms with Crippen molar-refractivity contribution in [1.82, 2.24) is 0 Å². The standard InChI is InChI=1S/C14H19FO/c1-10-2-4-11(5-3-10)14(16)12-6-8-13(15)9-7-12/h6-11,14,16H,2-5H2,1H3. The molecule has 0 bridgehead atoms. The lowest BCUT2D eigenvalue weighted by Crippen LogP contribution is -2.19. The summed E-state index contributed by atoms with van der Waals surface area (Å²) in [6.45, 7) is 2.26. The maximum atomic E-state index is 12.8. The van der Waals surface area contributed by atoms with Gasteiger partial charge in [0.1, 0.15) is 5.82 Å². The Balaban J connectivity index is 2.01. The summed E-state index contributed by atoms with van der Waals surface area (Å²) in [4.78, 5) is 0. The first-order valence-corrected chi connectivity index (χ1v) is 6.10. The zero-order valence-corrected chi connectivity index (χ0v) is 9.70. The van der Waals surface area contributed by atoms with Crippen LogP contribution in [0.15, 0.2) is 24.3 Å². The molecular weight excluding hydrogens is 203 g/mol. The Bertz CT molecular complexity index is 325. The Morgan fingerprint density at radius 3 is 2.25 bits per heavy atom. The van der Waals surface area contributed by atoms with Crippen LogP contribution in [-0.4, -0.2) is 5.11 Å². The van der Waals surface area contributed by atoms with Crippen LogP contribution in [0.4, 0.5) is 4.39 Å². The summed E-state index contributed by atoms with van der Waals surface area (Å²) in [6.07, 6.45) is 4.14. The highest BCUT2D eigenvalue weighted by Gasteiger charge is 2.25. The topological polar surface area (TPSA) is 20.2 Å². The Hall–Kier alpha value is -0.890. The predicted molar refractivity (Wildman–Crippen MR) is 62.5 cm³/mol. The van der Waals surface area contributed by atoms with Gasteiger partial charge in [0.15, 0.2) is 0 Å². The zero-order valence-electron chi connectivity index (χ0n) is 9.70. The van der Waals surface area contributed by atoms with E-state index in [1.807, 2.05) is 0 Å². The molecule has 1 unspecified atom stereocenters. The first-order valence-electron chi connectivity index (χ1n) is 6.10. The Labute approximate surface area is 96.3 Å². The van der Waals surface area contributed by atoms with E-state index >= 15 is 0 Å². The molecule has 0 amide bonds. The van der Waals surface area contributed by atoms with Crippen molar-refractivity contribution >= 4 is 0 Å². The number of benzene rings is 1. The molecule has 1 aliphatic carbocycles. The van der Waals surface area contributed by atoms with Crippen LogP contribution in [-0.2, 0) is 0 Å². The third-order valence-electron chi connectivity index (χ3n) is 3.72. The Morgan fingerprint density at radius 2 is 1.69 bits per heavy atom. The molecule has 0 saturated heterocycles. The second-order valence-electron chi connectivity index (χ2n) is 5.02. The second kappa shape index (κ2) is 4.96. The van der Waals surface area contributed by atoms with Gasteiger partial charge < -0.3 is 5.11 Å². The quantitative estimate of drug-likeness (QED) is 0.809. The minimum absolute atomic E-state index is 0.242. The minimum Gasteiger partial charge on any atom is -0.388 e. The molecular formula is C14H19FO. The van der Waals surface area contributed by atoms with Crippen molar-refractivity contribution in [3.05, 3.63) is 35.6 Å². The van der Waals surface area contributed by atoms with Gasteiger partial charge in [-0.3, -0.25) is 0 Å². The van der Waals surface area contributed by atoms with Crippen molar-refractivity contribution in [2.45, 2.75) is 38.7 Å². The largest absolute Gasteiger partial charge is 0.388 e. The summed E-state index contributed by atoms with van der Waals surface area (Å²) < 4.78 is 12.8. The first-order chi connectivity index (χ1) is 7.66. The van der Waals surface area contributed by atoms with Gasteiger partial charge in [0, 0.05) is 0 Å². The molecule has 1 aromatic rings. The van der Waals surface area contributed by atoms with Crippen LogP contribution in [0.25, 0.3) is 0 Å². The van der Waals surface area contributed by atoms with Crippen LogP contribution in [0.2, 0.25) is 0 Å². The summed E-state index contributed by atoms with van der Waals surface area (Å²) >= 11 is 0. The average Bonchev–Trinajstić information content (AvgIpc) is 2.30. The summed E-state index contributed by atoms with van der Waals surface area (Å²) in [5, 5.41) is 10.2. The molecule has 88 valence electrons. The van der Waals surface area contributed by atoms with Crippen molar-refractivity contribution in [3.63, 3.8) is 0 Å². The third-order valence-corrected chi connectivity index (χ3v) is 3.72. The first kappa shape index (κ1) is 11.6. The molecule has 16 heavy (non-hydrogen) atoms. The maximum Gasteiger partial charge on any atom is 0.123 e. The highest BCUT2D eigenvalue weighted by Crippen LogP contribution is 2.36. The zero-order chi connectivity index (χ0) is 11.5. The highest BCUT2D eigenvalue weighted by atomic mass is 19.1. The van der Waals surface area contributed by atoms with E-state index < -0.39 is 6.10 Å². The summed E-state index contributed by atoms with van der Waals surface area (Å²) in [6, 6.07) is 6.23. The smallest absolute Gasteiger partial charge is 0.123 e. The monoisotopic (exact) mass is 222 g/mol. The lowest BCUT2D eigenvalue weighted by Gasteiger charge is -2.30. The van der Waals surface area contributed by atoms with Crippen molar-refractivity contribution in [2.75, 3.05) is 0 Å². The molecule has 1 aliphatic rings. The van der Waals surface area contributed by atoms with E-state index in [1.165, 1.54) is 25.0 Å². The van der Waals surface area contributed by atoms with Crippen LogP contribution in [0, 0.1) is 17.7 Å². The highest BCUT2D eigenvalue weighted by molar-refractivity contribution is 5.19. The summed E-state index contributed by atoms with van der Waals surface area (Å²) in [5.41, 5.74) is 0.848. The molecule has 1 fully saturated rings. The molecule has 0 aliphatic heterocycles. The maximum absolute atomic E-state index is 12.8.